The second-order valence-electron chi connectivity index (χ2n) is 3.90. The van der Waals surface area contributed by atoms with Gasteiger partial charge in [0.1, 0.15) is 6.04 Å². The molecule has 0 aliphatic rings. The molecule has 0 fully saturated rings. The zero-order valence-electron chi connectivity index (χ0n) is 9.93. The van der Waals surface area contributed by atoms with Gasteiger partial charge in [-0.2, -0.15) is 0 Å². The summed E-state index contributed by atoms with van der Waals surface area (Å²) in [6.45, 7) is 0. The van der Waals surface area contributed by atoms with Crippen molar-refractivity contribution in [3.63, 3.8) is 0 Å². The molecule has 7 heteroatoms. The van der Waals surface area contributed by atoms with Gasteiger partial charge in [-0.3, -0.25) is 9.59 Å². The number of carbonyl (C=O) groups is 3. The van der Waals surface area contributed by atoms with Gasteiger partial charge in [0.2, 0.25) is 11.8 Å². The van der Waals surface area contributed by atoms with E-state index in [2.05, 4.69) is 5.32 Å². The summed E-state index contributed by atoms with van der Waals surface area (Å²) in [5.74, 6) is -2.65. The normalized spacial score (nSPS) is 11.6. The summed E-state index contributed by atoms with van der Waals surface area (Å²) in [5.41, 5.74) is 5.48. The number of hydrogen-bond donors (Lipinski definition) is 3. The molecule has 0 radical (unpaired) electrons. The molecule has 1 rings (SSSR count). The number of benzene rings is 1. The Morgan fingerprint density at radius 2 is 1.95 bits per heavy atom. The van der Waals surface area contributed by atoms with E-state index in [-0.39, 0.29) is 6.42 Å². The van der Waals surface area contributed by atoms with Crippen LogP contribution in [0.3, 0.4) is 0 Å². The summed E-state index contributed by atoms with van der Waals surface area (Å²) in [7, 11) is 0. The average Bonchev–Trinajstić information content (AvgIpc) is 2.30. The number of nitrogens with two attached hydrogens (primary N) is 1. The monoisotopic (exact) mass is 284 g/mol. The standard InChI is InChI=1S/C12H13ClN2O4/c13-8-4-2-1-3-7(8)5-11(17)15-9(12(18)19)6-10(14)16/h1-4,9H,5-6H2,(H2,14,16)(H,15,17)(H,18,19)/t9-/m0/s1. The number of amides is 2. The lowest BCUT2D eigenvalue weighted by atomic mass is 10.1. The summed E-state index contributed by atoms with van der Waals surface area (Å²) in [6, 6.07) is 5.39. The average molecular weight is 285 g/mol. The number of carboxylic acids is 1. The number of carboxylic acid groups (broad SMARTS) is 1. The lowest BCUT2D eigenvalue weighted by molar-refractivity contribution is -0.143. The first-order valence-electron chi connectivity index (χ1n) is 5.44. The first-order valence-corrected chi connectivity index (χ1v) is 5.82. The van der Waals surface area contributed by atoms with Crippen LogP contribution >= 0.6 is 11.6 Å². The van der Waals surface area contributed by atoms with E-state index in [1.165, 1.54) is 0 Å². The van der Waals surface area contributed by atoms with Crippen molar-refractivity contribution in [2.75, 3.05) is 0 Å². The first kappa shape index (κ1) is 15.0. The molecule has 102 valence electrons. The van der Waals surface area contributed by atoms with Gasteiger partial charge in [-0.25, -0.2) is 4.79 Å². The van der Waals surface area contributed by atoms with Crippen molar-refractivity contribution in [1.29, 1.82) is 0 Å². The molecule has 6 nitrogen and oxygen atoms in total. The Hall–Kier alpha value is -2.08. The summed E-state index contributed by atoms with van der Waals surface area (Å²) in [4.78, 5) is 33.2. The highest BCUT2D eigenvalue weighted by Gasteiger charge is 2.22. The van der Waals surface area contributed by atoms with Crippen molar-refractivity contribution in [3.8, 4) is 0 Å². The van der Waals surface area contributed by atoms with Crippen molar-refractivity contribution in [2.45, 2.75) is 18.9 Å². The van der Waals surface area contributed by atoms with Crippen LogP contribution in [-0.4, -0.2) is 28.9 Å². The maximum atomic E-state index is 11.7. The molecule has 1 atom stereocenters. The molecule has 0 aromatic heterocycles. The van der Waals surface area contributed by atoms with E-state index in [1.807, 2.05) is 0 Å². The number of primary amides is 1. The Bertz CT molecular complexity index is 504. The van der Waals surface area contributed by atoms with Crippen LogP contribution in [0.1, 0.15) is 12.0 Å². The predicted octanol–water partition coefficient (Wildman–Crippen LogP) is 0.327. The minimum Gasteiger partial charge on any atom is -0.480 e. The number of carbonyl (C=O) groups excluding carboxylic acids is 2. The van der Waals surface area contributed by atoms with Gasteiger partial charge >= 0.3 is 5.97 Å². The van der Waals surface area contributed by atoms with Crippen molar-refractivity contribution in [2.24, 2.45) is 5.73 Å². The highest BCUT2D eigenvalue weighted by molar-refractivity contribution is 6.31. The molecule has 0 saturated carbocycles. The van der Waals surface area contributed by atoms with Crippen LogP contribution in [0.25, 0.3) is 0 Å². The predicted molar refractivity (Wildman–Crippen MR) is 68.5 cm³/mol. The van der Waals surface area contributed by atoms with Crippen LogP contribution in [-0.2, 0) is 20.8 Å². The topological polar surface area (TPSA) is 109 Å². The molecular weight excluding hydrogens is 272 g/mol. The van der Waals surface area contributed by atoms with Gasteiger partial charge in [0, 0.05) is 5.02 Å². The Morgan fingerprint density at radius 3 is 2.47 bits per heavy atom. The summed E-state index contributed by atoms with van der Waals surface area (Å²) >= 11 is 5.88. The molecule has 2 amide bonds. The van der Waals surface area contributed by atoms with Crippen LogP contribution < -0.4 is 11.1 Å². The van der Waals surface area contributed by atoms with Gasteiger partial charge in [0.15, 0.2) is 0 Å². The third kappa shape index (κ3) is 4.97. The van der Waals surface area contributed by atoms with Crippen LogP contribution in [0, 0.1) is 0 Å². The van der Waals surface area contributed by atoms with E-state index >= 15 is 0 Å². The maximum Gasteiger partial charge on any atom is 0.326 e. The van der Waals surface area contributed by atoms with Crippen molar-refractivity contribution in [1.82, 2.24) is 5.32 Å². The van der Waals surface area contributed by atoms with E-state index in [0.717, 1.165) is 0 Å². The van der Waals surface area contributed by atoms with Gasteiger partial charge in [-0.1, -0.05) is 29.8 Å². The molecule has 0 unspecified atom stereocenters. The fraction of sp³-hybridized carbons (Fsp3) is 0.250. The number of aliphatic carboxylic acids is 1. The minimum atomic E-state index is -1.33. The first-order chi connectivity index (χ1) is 8.90. The van der Waals surface area contributed by atoms with Gasteiger partial charge in [-0.15, -0.1) is 0 Å². The number of halogens is 1. The van der Waals surface area contributed by atoms with Crippen molar-refractivity contribution >= 4 is 29.4 Å². The largest absolute Gasteiger partial charge is 0.480 e. The second-order valence-corrected chi connectivity index (χ2v) is 4.30. The van der Waals surface area contributed by atoms with Gasteiger partial charge in [-0.05, 0) is 11.6 Å². The van der Waals surface area contributed by atoms with E-state index in [0.29, 0.717) is 10.6 Å². The minimum absolute atomic E-state index is 0.0672. The molecule has 4 N–H and O–H groups in total. The van der Waals surface area contributed by atoms with Gasteiger partial charge in [0.05, 0.1) is 12.8 Å². The molecule has 0 spiro atoms. The quantitative estimate of drug-likeness (QED) is 0.699. The molecule has 1 aromatic carbocycles. The fourth-order valence-electron chi connectivity index (χ4n) is 1.46. The second kappa shape index (κ2) is 6.75. The van der Waals surface area contributed by atoms with Crippen LogP contribution in [0.5, 0.6) is 0 Å². The highest BCUT2D eigenvalue weighted by atomic mass is 35.5. The van der Waals surface area contributed by atoms with Crippen LogP contribution in [0.2, 0.25) is 5.02 Å². The zero-order valence-corrected chi connectivity index (χ0v) is 10.7. The Balaban J connectivity index is 2.65. The Kier molecular flexibility index (Phi) is 5.32. The third-order valence-corrected chi connectivity index (χ3v) is 2.72. The number of rotatable bonds is 6. The van der Waals surface area contributed by atoms with Crippen molar-refractivity contribution in [3.05, 3.63) is 34.9 Å². The SMILES string of the molecule is NC(=O)C[C@H](NC(=O)Cc1ccccc1Cl)C(=O)O. The maximum absolute atomic E-state index is 11.7. The van der Waals surface area contributed by atoms with E-state index < -0.39 is 30.2 Å². The molecule has 0 aliphatic heterocycles. The Morgan fingerprint density at radius 1 is 1.32 bits per heavy atom. The summed E-state index contributed by atoms with van der Waals surface area (Å²) in [5, 5.41) is 11.5. The number of hydrogen-bond acceptors (Lipinski definition) is 3. The summed E-state index contributed by atoms with van der Waals surface area (Å²) in [6.07, 6.45) is -0.522. The lowest BCUT2D eigenvalue weighted by Gasteiger charge is -2.13. The number of nitrogens with one attached hydrogen (secondary N) is 1. The van der Waals surface area contributed by atoms with Gasteiger partial charge < -0.3 is 16.2 Å². The molecular formula is C12H13ClN2O4. The molecule has 0 heterocycles. The van der Waals surface area contributed by atoms with Gasteiger partial charge in [0.25, 0.3) is 0 Å². The molecule has 1 aromatic rings. The zero-order chi connectivity index (χ0) is 14.4. The fourth-order valence-corrected chi connectivity index (χ4v) is 1.66. The molecule has 0 aliphatic carbocycles. The molecule has 0 saturated heterocycles. The van der Waals surface area contributed by atoms with E-state index in [1.54, 1.807) is 24.3 Å². The molecule has 0 bridgehead atoms. The Labute approximate surface area is 114 Å². The summed E-state index contributed by atoms with van der Waals surface area (Å²) < 4.78 is 0. The third-order valence-electron chi connectivity index (χ3n) is 2.35. The highest BCUT2D eigenvalue weighted by Crippen LogP contribution is 2.15. The lowest BCUT2D eigenvalue weighted by Crippen LogP contribution is -2.43. The van der Waals surface area contributed by atoms with E-state index in [9.17, 15) is 14.4 Å². The van der Waals surface area contributed by atoms with Crippen LogP contribution in [0.15, 0.2) is 24.3 Å². The van der Waals surface area contributed by atoms with Crippen molar-refractivity contribution < 1.29 is 19.5 Å². The molecule has 19 heavy (non-hydrogen) atoms. The smallest absolute Gasteiger partial charge is 0.326 e. The van der Waals surface area contributed by atoms with E-state index in [4.69, 9.17) is 22.4 Å². The van der Waals surface area contributed by atoms with Crippen LogP contribution in [0.4, 0.5) is 0 Å².